The summed E-state index contributed by atoms with van der Waals surface area (Å²) in [6, 6.07) is 9.55. The molecule has 2 heteroatoms. The van der Waals surface area contributed by atoms with Gasteiger partial charge >= 0.3 is 0 Å². The lowest BCUT2D eigenvalue weighted by Crippen LogP contribution is -2.38. The molecule has 21 heavy (non-hydrogen) atoms. The van der Waals surface area contributed by atoms with E-state index in [0.29, 0.717) is 6.04 Å². The second-order valence-electron chi connectivity index (χ2n) is 6.40. The van der Waals surface area contributed by atoms with Crippen molar-refractivity contribution in [3.8, 4) is 0 Å². The molecule has 0 saturated heterocycles. The van der Waals surface area contributed by atoms with Gasteiger partial charge in [0.2, 0.25) is 0 Å². The Morgan fingerprint density at radius 3 is 2.90 bits per heavy atom. The van der Waals surface area contributed by atoms with Gasteiger partial charge in [0.25, 0.3) is 0 Å². The third-order valence-corrected chi connectivity index (χ3v) is 4.60. The van der Waals surface area contributed by atoms with E-state index in [4.69, 9.17) is 0 Å². The van der Waals surface area contributed by atoms with Gasteiger partial charge in [-0.2, -0.15) is 0 Å². The van der Waals surface area contributed by atoms with Gasteiger partial charge in [0.15, 0.2) is 0 Å². The number of aryl methyl sites for hydroxylation is 1. The number of anilines is 1. The maximum Gasteiger partial charge on any atom is 0.0540 e. The molecule has 1 unspecified atom stereocenters. The van der Waals surface area contributed by atoms with Crippen molar-refractivity contribution >= 4 is 5.69 Å². The first-order chi connectivity index (χ1) is 10.3. The van der Waals surface area contributed by atoms with Gasteiger partial charge in [-0.15, -0.1) is 0 Å². The quantitative estimate of drug-likeness (QED) is 0.832. The van der Waals surface area contributed by atoms with E-state index in [-0.39, 0.29) is 0 Å². The first kappa shape index (κ1) is 14.4. The van der Waals surface area contributed by atoms with Crippen LogP contribution in [-0.2, 0) is 6.42 Å². The maximum absolute atomic E-state index is 2.65. The molecule has 1 atom stereocenters. The van der Waals surface area contributed by atoms with Crippen molar-refractivity contribution in [1.82, 2.24) is 4.90 Å². The number of nitrogens with zero attached hydrogens (tertiary/aromatic N) is 2. The fourth-order valence-electron chi connectivity index (χ4n) is 3.52. The highest BCUT2D eigenvalue weighted by Crippen LogP contribution is 2.35. The molecule has 0 bridgehead atoms. The number of para-hydroxylation sites is 1. The largest absolute Gasteiger partial charge is 0.364 e. The van der Waals surface area contributed by atoms with E-state index in [1.165, 1.54) is 30.5 Å². The number of allylic oxidation sites excluding steroid dienone is 2. The van der Waals surface area contributed by atoms with Crippen LogP contribution in [0.25, 0.3) is 0 Å². The Bertz CT molecular complexity index is 542. The van der Waals surface area contributed by atoms with E-state index in [0.717, 1.165) is 19.5 Å². The second-order valence-corrected chi connectivity index (χ2v) is 6.40. The van der Waals surface area contributed by atoms with E-state index < -0.39 is 0 Å². The summed E-state index contributed by atoms with van der Waals surface area (Å²) in [6.45, 7) is 2.30. The van der Waals surface area contributed by atoms with Crippen LogP contribution in [-0.4, -0.2) is 38.1 Å². The topological polar surface area (TPSA) is 6.48 Å². The highest BCUT2D eigenvalue weighted by atomic mass is 15.2. The standard InChI is InChI=1S/C19H26N2/c1-20(2)14-7-15-21-18-10-5-3-8-16(18)12-13-17-9-4-6-11-19(17)21/h3-6,8-10,19H,7,11-15H2,1-2H3. The molecule has 3 rings (SSSR count). The van der Waals surface area contributed by atoms with Crippen LogP contribution >= 0.6 is 0 Å². The monoisotopic (exact) mass is 282 g/mol. The Kier molecular flexibility index (Phi) is 4.45. The summed E-state index contributed by atoms with van der Waals surface area (Å²) in [4.78, 5) is 4.93. The van der Waals surface area contributed by atoms with Crippen molar-refractivity contribution in [1.29, 1.82) is 0 Å². The zero-order chi connectivity index (χ0) is 14.7. The van der Waals surface area contributed by atoms with Crippen LogP contribution in [0.3, 0.4) is 0 Å². The molecule has 112 valence electrons. The Morgan fingerprint density at radius 1 is 1.19 bits per heavy atom. The van der Waals surface area contributed by atoms with Crippen LogP contribution < -0.4 is 4.90 Å². The Labute approximate surface area is 128 Å². The lowest BCUT2D eigenvalue weighted by Gasteiger charge is -2.35. The van der Waals surface area contributed by atoms with Crippen molar-refractivity contribution in [3.63, 3.8) is 0 Å². The van der Waals surface area contributed by atoms with Crippen molar-refractivity contribution in [2.24, 2.45) is 0 Å². The SMILES string of the molecule is CN(C)CCCN1c2ccccc2CCC2=CC=CCC21. The summed E-state index contributed by atoms with van der Waals surface area (Å²) in [5, 5.41) is 0. The van der Waals surface area contributed by atoms with E-state index in [1.807, 2.05) is 0 Å². The number of hydrogen-bond acceptors (Lipinski definition) is 2. The third-order valence-electron chi connectivity index (χ3n) is 4.60. The van der Waals surface area contributed by atoms with Crippen molar-refractivity contribution in [3.05, 3.63) is 53.6 Å². The highest BCUT2D eigenvalue weighted by Gasteiger charge is 2.27. The molecular weight excluding hydrogens is 256 g/mol. The van der Waals surface area contributed by atoms with Crippen LogP contribution in [0.1, 0.15) is 24.8 Å². The number of fused-ring (bicyclic) bond motifs is 2. The smallest absolute Gasteiger partial charge is 0.0540 e. The van der Waals surface area contributed by atoms with Gasteiger partial charge in [-0.25, -0.2) is 0 Å². The number of hydrogen-bond donors (Lipinski definition) is 0. The molecule has 0 aromatic heterocycles. The number of rotatable bonds is 4. The molecule has 1 aromatic carbocycles. The summed E-state index contributed by atoms with van der Waals surface area (Å²) >= 11 is 0. The van der Waals surface area contributed by atoms with E-state index >= 15 is 0 Å². The molecule has 1 aliphatic heterocycles. The normalized spacial score (nSPS) is 20.8. The molecule has 0 radical (unpaired) electrons. The van der Waals surface area contributed by atoms with Crippen LogP contribution in [0.4, 0.5) is 5.69 Å². The fraction of sp³-hybridized carbons (Fsp3) is 0.474. The summed E-state index contributed by atoms with van der Waals surface area (Å²) < 4.78 is 0. The molecule has 1 aromatic rings. The fourth-order valence-corrected chi connectivity index (χ4v) is 3.52. The Morgan fingerprint density at radius 2 is 2.05 bits per heavy atom. The molecule has 2 nitrogen and oxygen atoms in total. The van der Waals surface area contributed by atoms with Gasteiger partial charge in [0.05, 0.1) is 6.04 Å². The third kappa shape index (κ3) is 3.21. The maximum atomic E-state index is 2.65. The summed E-state index contributed by atoms with van der Waals surface area (Å²) in [6.07, 6.45) is 11.7. The van der Waals surface area contributed by atoms with E-state index in [9.17, 15) is 0 Å². The first-order valence-electron chi connectivity index (χ1n) is 8.10. The zero-order valence-electron chi connectivity index (χ0n) is 13.3. The van der Waals surface area contributed by atoms with Gasteiger partial charge < -0.3 is 9.80 Å². The Balaban J connectivity index is 1.87. The van der Waals surface area contributed by atoms with Gasteiger partial charge in [-0.1, -0.05) is 36.4 Å². The molecular formula is C19H26N2. The van der Waals surface area contributed by atoms with Crippen LogP contribution in [0.15, 0.2) is 48.1 Å². The molecule has 0 fully saturated rings. The predicted molar refractivity (Wildman–Crippen MR) is 90.9 cm³/mol. The molecule has 0 saturated carbocycles. The molecule has 1 heterocycles. The summed E-state index contributed by atoms with van der Waals surface area (Å²) in [5.41, 5.74) is 4.58. The van der Waals surface area contributed by atoms with Gasteiger partial charge in [0, 0.05) is 12.2 Å². The van der Waals surface area contributed by atoms with Gasteiger partial charge in [0.1, 0.15) is 0 Å². The van der Waals surface area contributed by atoms with Crippen molar-refractivity contribution < 1.29 is 0 Å². The average molecular weight is 282 g/mol. The molecule has 0 spiro atoms. The predicted octanol–water partition coefficient (Wildman–Crippen LogP) is 3.65. The second kappa shape index (κ2) is 6.48. The van der Waals surface area contributed by atoms with Gasteiger partial charge in [-0.05, 0) is 63.5 Å². The number of benzene rings is 1. The van der Waals surface area contributed by atoms with Gasteiger partial charge in [-0.3, -0.25) is 0 Å². The van der Waals surface area contributed by atoms with E-state index in [2.05, 4.69) is 66.4 Å². The molecule has 0 amide bonds. The molecule has 1 aliphatic carbocycles. The van der Waals surface area contributed by atoms with E-state index in [1.54, 1.807) is 5.57 Å². The minimum Gasteiger partial charge on any atom is -0.364 e. The minimum atomic E-state index is 0.570. The lowest BCUT2D eigenvalue weighted by atomic mass is 9.94. The summed E-state index contributed by atoms with van der Waals surface area (Å²) in [5.74, 6) is 0. The van der Waals surface area contributed by atoms with Crippen LogP contribution in [0, 0.1) is 0 Å². The molecule has 2 aliphatic rings. The average Bonchev–Trinajstić information content (AvgIpc) is 2.65. The van der Waals surface area contributed by atoms with Crippen LogP contribution in [0.2, 0.25) is 0 Å². The lowest BCUT2D eigenvalue weighted by molar-refractivity contribution is 0.398. The van der Waals surface area contributed by atoms with Crippen LogP contribution in [0.5, 0.6) is 0 Å². The van der Waals surface area contributed by atoms with Crippen molar-refractivity contribution in [2.75, 3.05) is 32.1 Å². The highest BCUT2D eigenvalue weighted by molar-refractivity contribution is 5.58. The molecule has 0 N–H and O–H groups in total. The Hall–Kier alpha value is -1.54. The minimum absolute atomic E-state index is 0.570. The zero-order valence-corrected chi connectivity index (χ0v) is 13.3. The first-order valence-corrected chi connectivity index (χ1v) is 8.10. The summed E-state index contributed by atoms with van der Waals surface area (Å²) in [7, 11) is 4.32. The van der Waals surface area contributed by atoms with Crippen molar-refractivity contribution in [2.45, 2.75) is 31.7 Å².